The van der Waals surface area contributed by atoms with Crippen molar-refractivity contribution in [2.75, 3.05) is 0 Å². The second-order valence-electron chi connectivity index (χ2n) is 10.2. The highest BCUT2D eigenvalue weighted by atomic mass is 35.5. The molecule has 3 aromatic carbocycles. The second kappa shape index (κ2) is 13.4. The summed E-state index contributed by atoms with van der Waals surface area (Å²) in [4.78, 5) is 29.5. The van der Waals surface area contributed by atoms with Gasteiger partial charge in [-0.05, 0) is 48.9 Å². The molecular weight excluding hydrogens is 480 g/mol. The molecule has 0 aliphatic heterocycles. The van der Waals surface area contributed by atoms with Gasteiger partial charge in [-0.15, -0.1) is 0 Å². The Labute approximate surface area is 226 Å². The monoisotopic (exact) mass is 516 g/mol. The summed E-state index contributed by atoms with van der Waals surface area (Å²) in [6.45, 7) is 2.43. The SMILES string of the molecule is Cc1cccc(CN(C(=O)CCc2ccccc2Cl)[C@H](Cc2ccccc2)C(=O)NC2CCCCC2)c1. The van der Waals surface area contributed by atoms with Crippen LogP contribution in [0.5, 0.6) is 0 Å². The molecule has 4 rings (SSSR count). The number of hydrogen-bond acceptors (Lipinski definition) is 2. The molecule has 0 aromatic heterocycles. The van der Waals surface area contributed by atoms with Gasteiger partial charge in [-0.2, -0.15) is 0 Å². The van der Waals surface area contributed by atoms with E-state index in [9.17, 15) is 9.59 Å². The Morgan fingerprint density at radius 1 is 0.919 bits per heavy atom. The zero-order valence-corrected chi connectivity index (χ0v) is 22.4. The smallest absolute Gasteiger partial charge is 0.243 e. The molecule has 0 unspecified atom stereocenters. The molecule has 4 nitrogen and oxygen atoms in total. The first-order valence-corrected chi connectivity index (χ1v) is 13.8. The number of carbonyl (C=O) groups is 2. The van der Waals surface area contributed by atoms with Crippen LogP contribution in [-0.4, -0.2) is 28.8 Å². The fraction of sp³-hybridized carbons (Fsp3) is 0.375. The number of carbonyl (C=O) groups excluding carboxylic acids is 2. The summed E-state index contributed by atoms with van der Waals surface area (Å²) in [5.74, 6) is -0.101. The Morgan fingerprint density at radius 2 is 1.62 bits per heavy atom. The number of aryl methyl sites for hydroxylation is 2. The highest BCUT2D eigenvalue weighted by molar-refractivity contribution is 6.31. The molecule has 5 heteroatoms. The molecule has 1 atom stereocenters. The number of hydrogen-bond donors (Lipinski definition) is 1. The van der Waals surface area contributed by atoms with Gasteiger partial charge in [-0.1, -0.05) is 109 Å². The van der Waals surface area contributed by atoms with Crippen LogP contribution < -0.4 is 5.32 Å². The minimum atomic E-state index is -0.594. The summed E-state index contributed by atoms with van der Waals surface area (Å²) in [6, 6.07) is 25.4. The molecule has 0 spiro atoms. The van der Waals surface area contributed by atoms with Crippen LogP contribution in [0.3, 0.4) is 0 Å². The highest BCUT2D eigenvalue weighted by Gasteiger charge is 2.31. The van der Waals surface area contributed by atoms with E-state index in [4.69, 9.17) is 11.6 Å². The molecule has 1 saturated carbocycles. The maximum atomic E-state index is 13.8. The molecule has 1 fully saturated rings. The quantitative estimate of drug-likeness (QED) is 0.327. The maximum absolute atomic E-state index is 13.8. The molecule has 0 saturated heterocycles. The lowest BCUT2D eigenvalue weighted by Gasteiger charge is -2.33. The van der Waals surface area contributed by atoms with E-state index < -0.39 is 6.04 Å². The number of benzene rings is 3. The number of nitrogens with one attached hydrogen (secondary N) is 1. The average molecular weight is 517 g/mol. The standard InChI is InChI=1S/C32H37ClN2O2/c1-24-11-10-14-26(21-24)23-35(31(36)20-19-27-15-8-9-18-29(27)33)30(22-25-12-4-2-5-13-25)32(37)34-28-16-6-3-7-17-28/h2,4-5,8-15,18,21,28,30H,3,6-7,16-17,19-20,22-23H2,1H3,(H,34,37)/t30-/m1/s1. The van der Waals surface area contributed by atoms with Gasteiger partial charge < -0.3 is 10.2 Å². The lowest BCUT2D eigenvalue weighted by Crippen LogP contribution is -2.52. The predicted molar refractivity (Wildman–Crippen MR) is 150 cm³/mol. The Hall–Kier alpha value is -3.11. The highest BCUT2D eigenvalue weighted by Crippen LogP contribution is 2.22. The van der Waals surface area contributed by atoms with E-state index in [1.54, 1.807) is 4.90 Å². The van der Waals surface area contributed by atoms with Crippen molar-refractivity contribution >= 4 is 23.4 Å². The summed E-state index contributed by atoms with van der Waals surface area (Å²) in [6.07, 6.45) is 6.80. The summed E-state index contributed by atoms with van der Waals surface area (Å²) in [5, 5.41) is 3.96. The van der Waals surface area contributed by atoms with Crippen LogP contribution in [-0.2, 0) is 29.0 Å². The van der Waals surface area contributed by atoms with Crippen LogP contribution in [0.25, 0.3) is 0 Å². The van der Waals surface area contributed by atoms with Crippen molar-refractivity contribution in [3.63, 3.8) is 0 Å². The average Bonchev–Trinajstić information content (AvgIpc) is 2.91. The first kappa shape index (κ1) is 26.9. The van der Waals surface area contributed by atoms with Crippen LogP contribution in [0, 0.1) is 6.92 Å². The molecule has 0 radical (unpaired) electrons. The van der Waals surface area contributed by atoms with Gasteiger partial charge >= 0.3 is 0 Å². The molecule has 1 aliphatic rings. The Balaban J connectivity index is 1.62. The minimum Gasteiger partial charge on any atom is -0.352 e. The van der Waals surface area contributed by atoms with E-state index in [1.165, 1.54) is 6.42 Å². The molecule has 3 aromatic rings. The third-order valence-electron chi connectivity index (χ3n) is 7.22. The molecular formula is C32H37ClN2O2. The number of halogens is 1. The van der Waals surface area contributed by atoms with Gasteiger partial charge in [0.25, 0.3) is 0 Å². The Bertz CT molecular complexity index is 1170. The Morgan fingerprint density at radius 3 is 2.35 bits per heavy atom. The number of nitrogens with zero attached hydrogens (tertiary/aromatic N) is 1. The number of amides is 2. The summed E-state index contributed by atoms with van der Waals surface area (Å²) >= 11 is 6.37. The van der Waals surface area contributed by atoms with Crippen molar-refractivity contribution < 1.29 is 9.59 Å². The lowest BCUT2D eigenvalue weighted by molar-refractivity contribution is -0.141. The maximum Gasteiger partial charge on any atom is 0.243 e. The van der Waals surface area contributed by atoms with Gasteiger partial charge in [0.05, 0.1) is 0 Å². The van der Waals surface area contributed by atoms with Gasteiger partial charge in [-0.3, -0.25) is 9.59 Å². The van der Waals surface area contributed by atoms with Gasteiger partial charge in [0.1, 0.15) is 6.04 Å². The molecule has 1 N–H and O–H groups in total. The van der Waals surface area contributed by atoms with Gasteiger partial charge in [0.2, 0.25) is 11.8 Å². The largest absolute Gasteiger partial charge is 0.352 e. The molecule has 2 amide bonds. The first-order valence-electron chi connectivity index (χ1n) is 13.4. The van der Waals surface area contributed by atoms with Crippen LogP contribution in [0.4, 0.5) is 0 Å². The Kier molecular flexibility index (Phi) is 9.78. The third-order valence-corrected chi connectivity index (χ3v) is 7.59. The minimum absolute atomic E-state index is 0.0406. The fourth-order valence-corrected chi connectivity index (χ4v) is 5.42. The topological polar surface area (TPSA) is 49.4 Å². The van der Waals surface area contributed by atoms with Gasteiger partial charge in [0, 0.05) is 30.5 Å². The number of rotatable bonds is 10. The van der Waals surface area contributed by atoms with Crippen molar-refractivity contribution in [3.05, 3.63) is 106 Å². The molecule has 194 valence electrons. The molecule has 1 aliphatic carbocycles. The van der Waals surface area contributed by atoms with Crippen molar-refractivity contribution in [3.8, 4) is 0 Å². The fourth-order valence-electron chi connectivity index (χ4n) is 5.19. The molecule has 0 heterocycles. The first-order chi connectivity index (χ1) is 18.0. The van der Waals surface area contributed by atoms with Gasteiger partial charge in [-0.25, -0.2) is 0 Å². The van der Waals surface area contributed by atoms with Crippen LogP contribution >= 0.6 is 11.6 Å². The lowest BCUT2D eigenvalue weighted by atomic mass is 9.94. The van der Waals surface area contributed by atoms with E-state index in [-0.39, 0.29) is 24.3 Å². The predicted octanol–water partition coefficient (Wildman–Crippen LogP) is 6.67. The van der Waals surface area contributed by atoms with Crippen molar-refractivity contribution in [1.82, 2.24) is 10.2 Å². The van der Waals surface area contributed by atoms with Crippen LogP contribution in [0.1, 0.15) is 60.8 Å². The van der Waals surface area contributed by atoms with E-state index in [0.717, 1.165) is 47.9 Å². The molecule has 37 heavy (non-hydrogen) atoms. The van der Waals surface area contributed by atoms with Crippen molar-refractivity contribution in [2.24, 2.45) is 0 Å². The van der Waals surface area contributed by atoms with Crippen molar-refractivity contribution in [1.29, 1.82) is 0 Å². The van der Waals surface area contributed by atoms with Crippen LogP contribution in [0.15, 0.2) is 78.9 Å². The van der Waals surface area contributed by atoms with Gasteiger partial charge in [0.15, 0.2) is 0 Å². The second-order valence-corrected chi connectivity index (χ2v) is 10.6. The van der Waals surface area contributed by atoms with E-state index in [1.807, 2.05) is 79.7 Å². The molecule has 0 bridgehead atoms. The van der Waals surface area contributed by atoms with E-state index in [2.05, 4.69) is 11.4 Å². The zero-order chi connectivity index (χ0) is 26.0. The summed E-state index contributed by atoms with van der Waals surface area (Å²) < 4.78 is 0. The summed E-state index contributed by atoms with van der Waals surface area (Å²) in [7, 11) is 0. The summed E-state index contributed by atoms with van der Waals surface area (Å²) in [5.41, 5.74) is 4.14. The normalized spacial score (nSPS) is 14.6. The third kappa shape index (κ3) is 7.93. The zero-order valence-electron chi connectivity index (χ0n) is 21.7. The van der Waals surface area contributed by atoms with E-state index in [0.29, 0.717) is 24.4 Å². The van der Waals surface area contributed by atoms with E-state index >= 15 is 0 Å². The van der Waals surface area contributed by atoms with Crippen molar-refractivity contribution in [2.45, 2.75) is 76.9 Å². The van der Waals surface area contributed by atoms with Crippen LogP contribution in [0.2, 0.25) is 5.02 Å².